The predicted octanol–water partition coefficient (Wildman–Crippen LogP) is 1.35. The number of hydrogen-bond donors (Lipinski definition) is 1. The molecule has 1 aliphatic carbocycles. The van der Waals surface area contributed by atoms with Gasteiger partial charge in [-0.15, -0.1) is 0 Å². The minimum atomic E-state index is -1.01. The Hall–Kier alpha value is -0.640. The van der Waals surface area contributed by atoms with E-state index in [1.807, 2.05) is 0 Å². The van der Waals surface area contributed by atoms with Crippen LogP contribution < -0.4 is 0 Å². The monoisotopic (exact) mass is 173 g/mol. The van der Waals surface area contributed by atoms with Crippen LogP contribution in [0.4, 0.5) is 0 Å². The molecule has 0 unspecified atom stereocenters. The molecule has 0 atom stereocenters. The summed E-state index contributed by atoms with van der Waals surface area (Å²) >= 11 is 0. The summed E-state index contributed by atoms with van der Waals surface area (Å²) in [5.41, 5.74) is -1.01. The fourth-order valence-corrected chi connectivity index (χ4v) is 1.79. The van der Waals surface area contributed by atoms with Gasteiger partial charge in [0.05, 0.1) is 0 Å². The Bertz CT molecular complexity index is 162. The van der Waals surface area contributed by atoms with Crippen LogP contribution in [0.15, 0.2) is 0 Å². The van der Waals surface area contributed by atoms with Gasteiger partial charge in [0.15, 0.2) is 0 Å². The summed E-state index contributed by atoms with van der Waals surface area (Å²) in [5.74, 6) is 0. The molecule has 0 aromatic carbocycles. The third-order valence-electron chi connectivity index (χ3n) is 2.46. The van der Waals surface area contributed by atoms with Crippen LogP contribution in [-0.4, -0.2) is 22.2 Å². The quantitative estimate of drug-likeness (QED) is 0.389. The molecule has 1 rings (SSSR count). The van der Waals surface area contributed by atoms with Crippen LogP contribution in [0.2, 0.25) is 0 Å². The van der Waals surface area contributed by atoms with Crippen LogP contribution in [0, 0.1) is 10.1 Å². The highest BCUT2D eigenvalue weighted by molar-refractivity contribution is 4.79. The summed E-state index contributed by atoms with van der Waals surface area (Å²) < 4.78 is 0. The van der Waals surface area contributed by atoms with Crippen molar-refractivity contribution in [3.05, 3.63) is 10.1 Å². The van der Waals surface area contributed by atoms with Crippen LogP contribution in [0.25, 0.3) is 0 Å². The number of aliphatic hydroxyl groups is 1. The van der Waals surface area contributed by atoms with E-state index >= 15 is 0 Å². The minimum Gasteiger partial charge on any atom is -0.383 e. The van der Waals surface area contributed by atoms with Crippen LogP contribution >= 0.6 is 0 Å². The molecule has 1 saturated carbocycles. The van der Waals surface area contributed by atoms with E-state index in [-0.39, 0.29) is 6.54 Å². The van der Waals surface area contributed by atoms with Gasteiger partial charge in [0.1, 0.15) is 5.60 Å². The normalized spacial score (nSPS) is 23.1. The van der Waals surface area contributed by atoms with Crippen molar-refractivity contribution in [1.29, 1.82) is 0 Å². The molecule has 1 fully saturated rings. The first-order valence-corrected chi connectivity index (χ1v) is 4.47. The van der Waals surface area contributed by atoms with Gasteiger partial charge in [-0.25, -0.2) is 0 Å². The highest BCUT2D eigenvalue weighted by Gasteiger charge is 2.33. The van der Waals surface area contributed by atoms with Gasteiger partial charge in [-0.2, -0.15) is 0 Å². The molecule has 0 aromatic rings. The molecule has 0 spiro atoms. The zero-order valence-electron chi connectivity index (χ0n) is 7.16. The topological polar surface area (TPSA) is 63.4 Å². The van der Waals surface area contributed by atoms with Crippen molar-refractivity contribution >= 4 is 0 Å². The Morgan fingerprint density at radius 2 is 1.75 bits per heavy atom. The number of rotatable bonds is 2. The second-order valence-electron chi connectivity index (χ2n) is 3.63. The first kappa shape index (κ1) is 9.45. The molecule has 0 radical (unpaired) electrons. The van der Waals surface area contributed by atoms with Gasteiger partial charge in [0.25, 0.3) is 0 Å². The molecule has 0 saturated heterocycles. The molecule has 1 N–H and O–H groups in total. The molecule has 0 amide bonds. The van der Waals surface area contributed by atoms with Gasteiger partial charge >= 0.3 is 0 Å². The SMILES string of the molecule is O=[N+]([O-])CC1(O)CCCCCC1. The summed E-state index contributed by atoms with van der Waals surface area (Å²) in [6, 6.07) is 0. The molecule has 4 heteroatoms. The first-order valence-electron chi connectivity index (χ1n) is 4.47. The first-order chi connectivity index (χ1) is 5.62. The summed E-state index contributed by atoms with van der Waals surface area (Å²) in [4.78, 5) is 9.82. The van der Waals surface area contributed by atoms with Gasteiger partial charge in [0.2, 0.25) is 6.54 Å². The van der Waals surface area contributed by atoms with Crippen LogP contribution in [0.1, 0.15) is 38.5 Å². The molecule has 0 bridgehead atoms. The lowest BCUT2D eigenvalue weighted by Gasteiger charge is -2.20. The summed E-state index contributed by atoms with van der Waals surface area (Å²) in [7, 11) is 0. The molecular formula is C8H15NO3. The Morgan fingerprint density at radius 1 is 1.25 bits per heavy atom. The average molecular weight is 173 g/mol. The third kappa shape index (κ3) is 2.77. The van der Waals surface area contributed by atoms with Crippen LogP contribution in [0.5, 0.6) is 0 Å². The van der Waals surface area contributed by atoms with Crippen molar-refractivity contribution in [1.82, 2.24) is 0 Å². The lowest BCUT2D eigenvalue weighted by atomic mass is 9.95. The van der Waals surface area contributed by atoms with E-state index in [0.29, 0.717) is 12.8 Å². The van der Waals surface area contributed by atoms with Crippen molar-refractivity contribution < 1.29 is 10.0 Å². The van der Waals surface area contributed by atoms with Gasteiger partial charge in [-0.1, -0.05) is 25.7 Å². The van der Waals surface area contributed by atoms with Gasteiger partial charge in [-0.05, 0) is 12.8 Å². The predicted molar refractivity (Wildman–Crippen MR) is 44.5 cm³/mol. The number of nitro groups is 1. The Morgan fingerprint density at radius 3 is 2.17 bits per heavy atom. The van der Waals surface area contributed by atoms with Gasteiger partial charge < -0.3 is 5.11 Å². The lowest BCUT2D eigenvalue weighted by molar-refractivity contribution is -0.501. The van der Waals surface area contributed by atoms with E-state index < -0.39 is 10.5 Å². The largest absolute Gasteiger partial charge is 0.383 e. The maximum absolute atomic E-state index is 10.2. The molecular weight excluding hydrogens is 158 g/mol. The second-order valence-corrected chi connectivity index (χ2v) is 3.63. The molecule has 0 aromatic heterocycles. The zero-order valence-corrected chi connectivity index (χ0v) is 7.16. The average Bonchev–Trinajstić information content (AvgIpc) is 2.12. The Kier molecular flexibility index (Phi) is 3.03. The molecule has 0 aliphatic heterocycles. The van der Waals surface area contributed by atoms with Crippen LogP contribution in [0.3, 0.4) is 0 Å². The Labute approximate surface area is 71.7 Å². The van der Waals surface area contributed by atoms with Crippen LogP contribution in [-0.2, 0) is 0 Å². The molecule has 0 heterocycles. The van der Waals surface area contributed by atoms with E-state index in [4.69, 9.17) is 0 Å². The van der Waals surface area contributed by atoms with Gasteiger partial charge in [-0.3, -0.25) is 10.1 Å². The summed E-state index contributed by atoms with van der Waals surface area (Å²) in [5, 5.41) is 20.0. The highest BCUT2D eigenvalue weighted by Crippen LogP contribution is 2.26. The van der Waals surface area contributed by atoms with Crippen molar-refractivity contribution in [3.8, 4) is 0 Å². The van der Waals surface area contributed by atoms with Crippen molar-refractivity contribution in [3.63, 3.8) is 0 Å². The maximum Gasteiger partial charge on any atom is 0.232 e. The number of hydrogen-bond acceptors (Lipinski definition) is 3. The van der Waals surface area contributed by atoms with E-state index in [0.717, 1.165) is 25.7 Å². The van der Waals surface area contributed by atoms with Crippen molar-refractivity contribution in [2.75, 3.05) is 6.54 Å². The Balaban J connectivity index is 2.48. The van der Waals surface area contributed by atoms with E-state index in [2.05, 4.69) is 0 Å². The molecule has 1 aliphatic rings. The van der Waals surface area contributed by atoms with Crippen molar-refractivity contribution in [2.45, 2.75) is 44.1 Å². The van der Waals surface area contributed by atoms with E-state index in [1.54, 1.807) is 0 Å². The van der Waals surface area contributed by atoms with Gasteiger partial charge in [0, 0.05) is 4.92 Å². The number of nitrogens with zero attached hydrogens (tertiary/aromatic N) is 1. The molecule has 70 valence electrons. The minimum absolute atomic E-state index is 0.285. The standard InChI is InChI=1S/C8H15NO3/c10-8(7-9(11)12)5-3-1-2-4-6-8/h10H,1-7H2. The lowest BCUT2D eigenvalue weighted by Crippen LogP contribution is -2.36. The second kappa shape index (κ2) is 3.85. The highest BCUT2D eigenvalue weighted by atomic mass is 16.6. The smallest absolute Gasteiger partial charge is 0.232 e. The fourth-order valence-electron chi connectivity index (χ4n) is 1.79. The fraction of sp³-hybridized carbons (Fsp3) is 1.00. The summed E-state index contributed by atoms with van der Waals surface area (Å²) in [6.45, 7) is -0.285. The van der Waals surface area contributed by atoms with E-state index in [9.17, 15) is 15.2 Å². The molecule has 12 heavy (non-hydrogen) atoms. The maximum atomic E-state index is 10.2. The zero-order chi connectivity index (χ0) is 9.03. The summed E-state index contributed by atoms with van der Waals surface area (Å²) in [6.07, 6.45) is 5.22. The molecule has 4 nitrogen and oxygen atoms in total. The van der Waals surface area contributed by atoms with Crippen molar-refractivity contribution in [2.24, 2.45) is 0 Å². The van der Waals surface area contributed by atoms with E-state index in [1.165, 1.54) is 0 Å². The third-order valence-corrected chi connectivity index (χ3v) is 2.46.